The first kappa shape index (κ1) is 17.4. The highest BCUT2D eigenvalue weighted by Crippen LogP contribution is 2.16. The number of carbonyl (C=O) groups is 2. The maximum atomic E-state index is 12.0. The molecular formula is C14H21N3O3S. The van der Waals surface area contributed by atoms with Crippen molar-refractivity contribution in [1.82, 2.24) is 15.3 Å². The van der Waals surface area contributed by atoms with Crippen molar-refractivity contribution in [2.24, 2.45) is 0 Å². The second-order valence-corrected chi connectivity index (χ2v) is 5.89. The number of methoxy groups -OCH3 is 1. The lowest BCUT2D eigenvalue weighted by Gasteiger charge is -2.26. The summed E-state index contributed by atoms with van der Waals surface area (Å²) in [5.74, 6) is -0.557. The van der Waals surface area contributed by atoms with Crippen LogP contribution in [0.2, 0.25) is 0 Å². The number of nitrogens with one attached hydrogen (secondary N) is 1. The minimum Gasteiger partial charge on any atom is -0.467 e. The number of hydrogen-bond acceptors (Lipinski definition) is 6. The third-order valence-corrected chi connectivity index (χ3v) is 3.90. The Kier molecular flexibility index (Phi) is 6.14. The molecular weight excluding hydrogens is 290 g/mol. The van der Waals surface area contributed by atoms with Crippen molar-refractivity contribution >= 4 is 23.6 Å². The van der Waals surface area contributed by atoms with Gasteiger partial charge in [-0.2, -0.15) is 0 Å². The molecule has 21 heavy (non-hydrogen) atoms. The molecule has 0 aromatic carbocycles. The summed E-state index contributed by atoms with van der Waals surface area (Å²) in [5.41, 5.74) is 0.715. The lowest BCUT2D eigenvalue weighted by atomic mass is 9.99. The molecule has 1 rings (SSSR count). The third-order valence-electron chi connectivity index (χ3n) is 3.05. The van der Waals surface area contributed by atoms with E-state index in [1.807, 2.05) is 26.8 Å². The number of ether oxygens (including phenoxy) is 1. The zero-order chi connectivity index (χ0) is 16.0. The zero-order valence-electron chi connectivity index (χ0n) is 13.0. The maximum Gasteiger partial charge on any atom is 0.331 e. The molecule has 0 aliphatic heterocycles. The van der Waals surface area contributed by atoms with Crippen LogP contribution in [0, 0.1) is 13.8 Å². The number of carbonyl (C=O) groups excluding carboxylic acids is 2. The van der Waals surface area contributed by atoms with Crippen LogP contribution >= 0.6 is 11.8 Å². The Bertz CT molecular complexity index is 516. The molecule has 0 spiro atoms. The van der Waals surface area contributed by atoms with Crippen LogP contribution in [-0.2, 0) is 14.3 Å². The SMILES string of the molecule is CC[C@](C)(NC(=O)CSc1nc(C)cc(C)n1)C(=O)OC. The monoisotopic (exact) mass is 311 g/mol. The van der Waals surface area contributed by atoms with E-state index < -0.39 is 11.5 Å². The lowest BCUT2D eigenvalue weighted by Crippen LogP contribution is -2.52. The van der Waals surface area contributed by atoms with Crippen LogP contribution in [0.15, 0.2) is 11.2 Å². The van der Waals surface area contributed by atoms with Crippen molar-refractivity contribution in [3.05, 3.63) is 17.5 Å². The molecule has 7 heteroatoms. The Morgan fingerprint density at radius 2 is 1.90 bits per heavy atom. The fourth-order valence-corrected chi connectivity index (χ4v) is 2.49. The molecule has 0 radical (unpaired) electrons. The number of hydrogen-bond donors (Lipinski definition) is 1. The summed E-state index contributed by atoms with van der Waals surface area (Å²) in [4.78, 5) is 32.2. The van der Waals surface area contributed by atoms with Crippen molar-refractivity contribution in [3.8, 4) is 0 Å². The minimum atomic E-state index is -1.00. The molecule has 0 aliphatic carbocycles. The normalized spacial score (nSPS) is 13.4. The van der Waals surface area contributed by atoms with E-state index in [-0.39, 0.29) is 11.7 Å². The molecule has 0 unspecified atom stereocenters. The van der Waals surface area contributed by atoms with Gasteiger partial charge in [0.25, 0.3) is 0 Å². The average molecular weight is 311 g/mol. The van der Waals surface area contributed by atoms with E-state index >= 15 is 0 Å². The van der Waals surface area contributed by atoms with Gasteiger partial charge in [-0.1, -0.05) is 18.7 Å². The van der Waals surface area contributed by atoms with Gasteiger partial charge in [-0.3, -0.25) is 4.79 Å². The fourth-order valence-electron chi connectivity index (χ4n) is 1.74. The smallest absolute Gasteiger partial charge is 0.331 e. The van der Waals surface area contributed by atoms with Crippen LogP contribution in [0.5, 0.6) is 0 Å². The second kappa shape index (κ2) is 7.40. The summed E-state index contributed by atoms with van der Waals surface area (Å²) in [6, 6.07) is 1.87. The van der Waals surface area contributed by atoms with Gasteiger partial charge in [0.15, 0.2) is 5.16 Å². The molecule has 116 valence electrons. The van der Waals surface area contributed by atoms with Crippen molar-refractivity contribution < 1.29 is 14.3 Å². The second-order valence-electron chi connectivity index (χ2n) is 4.95. The average Bonchev–Trinajstić information content (AvgIpc) is 2.43. The number of rotatable bonds is 6. The maximum absolute atomic E-state index is 12.0. The molecule has 1 amide bonds. The van der Waals surface area contributed by atoms with E-state index in [0.29, 0.717) is 11.6 Å². The molecule has 1 N–H and O–H groups in total. The number of amides is 1. The predicted molar refractivity (Wildman–Crippen MR) is 81.1 cm³/mol. The first-order chi connectivity index (χ1) is 9.80. The summed E-state index contributed by atoms with van der Waals surface area (Å²) in [6.07, 6.45) is 0.454. The van der Waals surface area contributed by atoms with E-state index in [4.69, 9.17) is 4.74 Å². The largest absolute Gasteiger partial charge is 0.467 e. The highest BCUT2D eigenvalue weighted by atomic mass is 32.2. The predicted octanol–water partition coefficient (Wildman–Crippen LogP) is 1.64. The van der Waals surface area contributed by atoms with Crippen molar-refractivity contribution in [2.75, 3.05) is 12.9 Å². The molecule has 1 atom stereocenters. The Hall–Kier alpha value is -1.63. The quantitative estimate of drug-likeness (QED) is 0.489. The molecule has 0 aliphatic rings. The number of nitrogens with zero attached hydrogens (tertiary/aromatic N) is 2. The molecule has 1 aromatic heterocycles. The van der Waals surface area contributed by atoms with E-state index in [1.54, 1.807) is 6.92 Å². The van der Waals surface area contributed by atoms with E-state index in [0.717, 1.165) is 11.4 Å². The lowest BCUT2D eigenvalue weighted by molar-refractivity contribution is -0.150. The highest BCUT2D eigenvalue weighted by molar-refractivity contribution is 7.99. The van der Waals surface area contributed by atoms with Crippen LogP contribution in [-0.4, -0.2) is 40.2 Å². The molecule has 0 fully saturated rings. The standard InChI is InChI=1S/C14H21N3O3S/c1-6-14(4,12(19)20-5)17-11(18)8-21-13-15-9(2)7-10(3)16-13/h7H,6,8H2,1-5H3,(H,17,18)/t14-/m0/s1. The summed E-state index contributed by atoms with van der Waals surface area (Å²) in [5, 5.41) is 3.26. The van der Waals surface area contributed by atoms with E-state index in [9.17, 15) is 9.59 Å². The van der Waals surface area contributed by atoms with Gasteiger partial charge in [0.05, 0.1) is 12.9 Å². The van der Waals surface area contributed by atoms with Crippen molar-refractivity contribution in [3.63, 3.8) is 0 Å². The molecule has 0 saturated carbocycles. The highest BCUT2D eigenvalue weighted by Gasteiger charge is 2.33. The Morgan fingerprint density at radius 3 is 2.38 bits per heavy atom. The van der Waals surface area contributed by atoms with Crippen molar-refractivity contribution in [2.45, 2.75) is 44.8 Å². The number of aryl methyl sites for hydroxylation is 2. The molecule has 1 heterocycles. The Morgan fingerprint density at radius 1 is 1.33 bits per heavy atom. The molecule has 0 bridgehead atoms. The van der Waals surface area contributed by atoms with Gasteiger partial charge >= 0.3 is 5.97 Å². The fraction of sp³-hybridized carbons (Fsp3) is 0.571. The van der Waals surface area contributed by atoms with Crippen LogP contribution in [0.1, 0.15) is 31.7 Å². The van der Waals surface area contributed by atoms with Gasteiger partial charge in [-0.25, -0.2) is 14.8 Å². The first-order valence-electron chi connectivity index (χ1n) is 6.65. The summed E-state index contributed by atoms with van der Waals surface area (Å²) >= 11 is 1.24. The Labute approximate surface area is 129 Å². The molecule has 0 saturated heterocycles. The topological polar surface area (TPSA) is 81.2 Å². The van der Waals surface area contributed by atoms with Gasteiger partial charge in [-0.05, 0) is 33.3 Å². The summed E-state index contributed by atoms with van der Waals surface area (Å²) in [7, 11) is 1.31. The summed E-state index contributed by atoms with van der Waals surface area (Å²) < 4.78 is 4.72. The zero-order valence-corrected chi connectivity index (χ0v) is 13.8. The van der Waals surface area contributed by atoms with E-state index in [1.165, 1.54) is 18.9 Å². The van der Waals surface area contributed by atoms with Crippen LogP contribution < -0.4 is 5.32 Å². The molecule has 1 aromatic rings. The van der Waals surface area contributed by atoms with Crippen LogP contribution in [0.4, 0.5) is 0 Å². The van der Waals surface area contributed by atoms with Gasteiger partial charge < -0.3 is 10.1 Å². The van der Waals surface area contributed by atoms with Gasteiger partial charge in [0, 0.05) is 11.4 Å². The van der Waals surface area contributed by atoms with E-state index in [2.05, 4.69) is 15.3 Å². The Balaban J connectivity index is 2.63. The van der Waals surface area contributed by atoms with Gasteiger partial charge in [0.1, 0.15) is 5.54 Å². The van der Waals surface area contributed by atoms with Crippen LogP contribution in [0.25, 0.3) is 0 Å². The van der Waals surface area contributed by atoms with Gasteiger partial charge in [0.2, 0.25) is 5.91 Å². The first-order valence-corrected chi connectivity index (χ1v) is 7.64. The number of esters is 1. The van der Waals surface area contributed by atoms with Crippen LogP contribution in [0.3, 0.4) is 0 Å². The molecule has 6 nitrogen and oxygen atoms in total. The van der Waals surface area contributed by atoms with Gasteiger partial charge in [-0.15, -0.1) is 0 Å². The van der Waals surface area contributed by atoms with Crippen molar-refractivity contribution in [1.29, 1.82) is 0 Å². The summed E-state index contributed by atoms with van der Waals surface area (Å²) in [6.45, 7) is 7.22. The third kappa shape index (κ3) is 5.00. The number of aromatic nitrogens is 2. The minimum absolute atomic E-state index is 0.148. The number of thioether (sulfide) groups is 1.